The summed E-state index contributed by atoms with van der Waals surface area (Å²) in [6.45, 7) is 3.61. The number of methoxy groups -OCH3 is 2. The van der Waals surface area contributed by atoms with Crippen LogP contribution in [0.15, 0.2) is 30.3 Å². The van der Waals surface area contributed by atoms with E-state index in [2.05, 4.69) is 0 Å². The van der Waals surface area contributed by atoms with Crippen molar-refractivity contribution in [2.45, 2.75) is 65.3 Å². The lowest BCUT2D eigenvalue weighted by Gasteiger charge is -2.21. The van der Waals surface area contributed by atoms with Gasteiger partial charge in [0.2, 0.25) is 5.78 Å². The summed E-state index contributed by atoms with van der Waals surface area (Å²) < 4.78 is 12.8. The highest BCUT2D eigenvalue weighted by molar-refractivity contribution is 7.14. The number of carbonyl (C=O) groups is 2. The maximum absolute atomic E-state index is 14.1. The smallest absolute Gasteiger partial charge is 0.323 e. The number of carbonyl (C=O) groups excluding carboxylic acids is 1. The molecule has 2 aromatic carbocycles. The van der Waals surface area contributed by atoms with E-state index in [9.17, 15) is 14.7 Å². The molecule has 2 aromatic heterocycles. The fourth-order valence-electron chi connectivity index (χ4n) is 6.10. The molecule has 0 unspecified atom stereocenters. The van der Waals surface area contributed by atoms with E-state index in [1.807, 2.05) is 32.0 Å². The van der Waals surface area contributed by atoms with E-state index in [1.54, 1.807) is 30.9 Å². The second-order valence-corrected chi connectivity index (χ2v) is 12.4. The zero-order valence-corrected chi connectivity index (χ0v) is 25.5. The van der Waals surface area contributed by atoms with Gasteiger partial charge >= 0.3 is 5.97 Å². The largest absolute Gasteiger partial charge is 0.496 e. The summed E-state index contributed by atoms with van der Waals surface area (Å²) in [6.07, 6.45) is 8.09. The van der Waals surface area contributed by atoms with Gasteiger partial charge in [-0.3, -0.25) is 9.59 Å². The van der Waals surface area contributed by atoms with Crippen LogP contribution in [0.3, 0.4) is 0 Å². The van der Waals surface area contributed by atoms with Crippen LogP contribution in [-0.4, -0.2) is 40.6 Å². The van der Waals surface area contributed by atoms with Crippen molar-refractivity contribution in [1.29, 1.82) is 0 Å². The first kappa shape index (κ1) is 29.1. The summed E-state index contributed by atoms with van der Waals surface area (Å²) in [7, 11) is 3.14. The number of rotatable bonds is 10. The number of benzene rings is 2. The Bertz CT molecular complexity index is 1620. The molecule has 7 nitrogen and oxygen atoms in total. The Morgan fingerprint density at radius 2 is 1.78 bits per heavy atom. The molecule has 1 aliphatic carbocycles. The number of aromatic nitrogens is 2. The fraction of sp³-hybridized carbons (Fsp3) is 0.406. The Hall–Kier alpha value is -3.36. The molecule has 0 saturated heterocycles. The van der Waals surface area contributed by atoms with Crippen LogP contribution in [0.2, 0.25) is 5.02 Å². The van der Waals surface area contributed by atoms with Gasteiger partial charge in [0.25, 0.3) is 0 Å². The van der Waals surface area contributed by atoms with Crippen molar-refractivity contribution in [1.82, 2.24) is 9.55 Å². The summed E-state index contributed by atoms with van der Waals surface area (Å²) in [6, 6.07) is 9.28. The minimum atomic E-state index is -1.01. The lowest BCUT2D eigenvalue weighted by atomic mass is 9.86. The van der Waals surface area contributed by atoms with Gasteiger partial charge in [-0.1, -0.05) is 55.3 Å². The number of carboxylic acids is 1. The molecule has 0 atom stereocenters. The summed E-state index contributed by atoms with van der Waals surface area (Å²) in [5.41, 5.74) is 4.42. The monoisotopic (exact) mass is 594 g/mol. The average Bonchev–Trinajstić information content (AvgIpc) is 3.53. The number of hydrogen-bond acceptors (Lipinski definition) is 6. The summed E-state index contributed by atoms with van der Waals surface area (Å²) in [5.74, 6) is 0.389. The van der Waals surface area contributed by atoms with Crippen LogP contribution in [-0.2, 0) is 17.8 Å². The van der Waals surface area contributed by atoms with Crippen molar-refractivity contribution in [3.05, 3.63) is 62.1 Å². The molecule has 0 spiro atoms. The second kappa shape index (κ2) is 12.2. The van der Waals surface area contributed by atoms with Gasteiger partial charge in [0.15, 0.2) is 5.01 Å². The number of halogens is 1. The molecule has 1 fully saturated rings. The molecule has 9 heteroatoms. The Balaban J connectivity index is 1.62. The number of nitrogens with zero attached hydrogens (tertiary/aromatic N) is 2. The fourth-order valence-corrected chi connectivity index (χ4v) is 7.37. The molecule has 4 aromatic rings. The summed E-state index contributed by atoms with van der Waals surface area (Å²) in [4.78, 5) is 31.9. The van der Waals surface area contributed by atoms with E-state index >= 15 is 0 Å². The van der Waals surface area contributed by atoms with Crippen LogP contribution < -0.4 is 9.47 Å². The zero-order chi connectivity index (χ0) is 29.3. The van der Waals surface area contributed by atoms with Crippen molar-refractivity contribution in [2.24, 2.45) is 5.92 Å². The van der Waals surface area contributed by atoms with Crippen LogP contribution in [0.4, 0.5) is 0 Å². The molecule has 0 radical (unpaired) electrons. The first-order chi connectivity index (χ1) is 19.7. The van der Waals surface area contributed by atoms with Gasteiger partial charge in [-0.15, -0.1) is 11.3 Å². The molecule has 0 bridgehead atoms. The van der Waals surface area contributed by atoms with Gasteiger partial charge in [-0.05, 0) is 56.4 Å². The maximum atomic E-state index is 14.1. The number of hydrogen-bond donors (Lipinski definition) is 1. The third-order valence-electron chi connectivity index (χ3n) is 7.98. The third-order valence-corrected chi connectivity index (χ3v) is 9.39. The highest BCUT2D eigenvalue weighted by atomic mass is 35.5. The van der Waals surface area contributed by atoms with Crippen LogP contribution in [0, 0.1) is 19.8 Å². The average molecular weight is 595 g/mol. The normalized spacial score (nSPS) is 14.0. The van der Waals surface area contributed by atoms with Gasteiger partial charge in [-0.2, -0.15) is 0 Å². The molecule has 0 aliphatic heterocycles. The quantitative estimate of drug-likeness (QED) is 0.188. The second-order valence-electron chi connectivity index (χ2n) is 10.9. The van der Waals surface area contributed by atoms with Crippen LogP contribution >= 0.6 is 22.9 Å². The van der Waals surface area contributed by atoms with Gasteiger partial charge in [-0.25, -0.2) is 4.98 Å². The Morgan fingerprint density at radius 1 is 1.05 bits per heavy atom. The van der Waals surface area contributed by atoms with Gasteiger partial charge in [0.05, 0.1) is 36.1 Å². The van der Waals surface area contributed by atoms with E-state index in [1.165, 1.54) is 43.4 Å². The number of ether oxygens (including phenoxy) is 2. The molecule has 0 amide bonds. The van der Waals surface area contributed by atoms with Gasteiger partial charge < -0.3 is 19.1 Å². The standard InChI is InChI=1S/C32H35ClN2O5S/c1-18-12-19(2)30-21(13-18)14-24(35(30)17-28(36)37)31(38)32-34-29(22-15-26(40-4)23(33)16-25(22)39-3)27(41-32)11-10-20-8-6-5-7-9-20/h12-16,20H,5-11,17H2,1-4H3,(H,36,37). The minimum Gasteiger partial charge on any atom is -0.496 e. The van der Waals surface area contributed by atoms with Crippen molar-refractivity contribution in [3.8, 4) is 22.8 Å². The third kappa shape index (κ3) is 5.99. The highest BCUT2D eigenvalue weighted by Crippen LogP contribution is 2.42. The van der Waals surface area contributed by atoms with Crippen molar-refractivity contribution >= 4 is 45.6 Å². The topological polar surface area (TPSA) is 90.7 Å². The lowest BCUT2D eigenvalue weighted by Crippen LogP contribution is -2.15. The molecule has 1 N–H and O–H groups in total. The predicted molar refractivity (Wildman–Crippen MR) is 163 cm³/mol. The Labute approximate surface area is 249 Å². The van der Waals surface area contributed by atoms with E-state index in [0.29, 0.717) is 44.4 Å². The summed E-state index contributed by atoms with van der Waals surface area (Å²) >= 11 is 7.78. The Kier molecular flexibility index (Phi) is 8.71. The number of aliphatic carboxylic acids is 1. The lowest BCUT2D eigenvalue weighted by molar-refractivity contribution is -0.137. The molecule has 1 aliphatic rings. The van der Waals surface area contributed by atoms with Crippen LogP contribution in [0.5, 0.6) is 11.5 Å². The van der Waals surface area contributed by atoms with Crippen LogP contribution in [0.1, 0.15) is 70.0 Å². The first-order valence-electron chi connectivity index (χ1n) is 14.0. The molecular weight excluding hydrogens is 560 g/mol. The van der Waals surface area contributed by atoms with E-state index < -0.39 is 5.97 Å². The molecule has 216 valence electrons. The highest BCUT2D eigenvalue weighted by Gasteiger charge is 2.27. The van der Waals surface area contributed by atoms with Crippen molar-refractivity contribution < 1.29 is 24.2 Å². The molecule has 2 heterocycles. The molecule has 1 saturated carbocycles. The molecule has 41 heavy (non-hydrogen) atoms. The van der Waals surface area contributed by atoms with Crippen molar-refractivity contribution in [3.63, 3.8) is 0 Å². The minimum absolute atomic E-state index is 0.297. The van der Waals surface area contributed by atoms with Crippen LogP contribution in [0.25, 0.3) is 22.2 Å². The molecule has 5 rings (SSSR count). The maximum Gasteiger partial charge on any atom is 0.323 e. The van der Waals surface area contributed by atoms with E-state index in [-0.39, 0.29) is 12.3 Å². The van der Waals surface area contributed by atoms with Crippen molar-refractivity contribution in [2.75, 3.05) is 14.2 Å². The Morgan fingerprint density at radius 3 is 2.46 bits per heavy atom. The number of ketones is 1. The number of carboxylic acid groups (broad SMARTS) is 1. The van der Waals surface area contributed by atoms with Gasteiger partial charge in [0, 0.05) is 21.9 Å². The van der Waals surface area contributed by atoms with E-state index in [4.69, 9.17) is 26.1 Å². The number of aryl methyl sites for hydroxylation is 3. The number of fused-ring (bicyclic) bond motifs is 1. The van der Waals surface area contributed by atoms with Gasteiger partial charge in [0.1, 0.15) is 18.0 Å². The predicted octanol–water partition coefficient (Wildman–Crippen LogP) is 7.88. The molecular formula is C32H35ClN2O5S. The van der Waals surface area contributed by atoms with E-state index in [0.717, 1.165) is 39.7 Å². The SMILES string of the molecule is COc1cc(-c2nc(C(=O)c3cc4cc(C)cc(C)c4n3CC(=O)O)sc2CCC2CCCCC2)c(OC)cc1Cl. The first-order valence-corrected chi connectivity index (χ1v) is 15.2. The zero-order valence-electron chi connectivity index (χ0n) is 23.9. The number of thiazole rings is 1. The summed E-state index contributed by atoms with van der Waals surface area (Å²) in [5, 5.41) is 11.3.